The highest BCUT2D eigenvalue weighted by molar-refractivity contribution is 7.98. The number of hydrogen-bond donors (Lipinski definition) is 2. The summed E-state index contributed by atoms with van der Waals surface area (Å²) in [5.41, 5.74) is 6.73. The fraction of sp³-hybridized carbons (Fsp3) is 0.538. The quantitative estimate of drug-likeness (QED) is 0.700. The van der Waals surface area contributed by atoms with E-state index in [2.05, 4.69) is 35.8 Å². The van der Waals surface area contributed by atoms with E-state index in [4.69, 9.17) is 10.5 Å². The number of benzene rings is 1. The van der Waals surface area contributed by atoms with E-state index in [1.807, 2.05) is 0 Å². The Hall–Kier alpha value is -0.710. The number of rotatable bonds is 8. The number of nitrogens with two attached hydrogens (primary N) is 1. The van der Waals surface area contributed by atoms with E-state index >= 15 is 0 Å². The molecule has 3 nitrogen and oxygen atoms in total. The minimum atomic E-state index is 0.330. The maximum atomic E-state index is 5.55. The standard InChI is InChI=1S/C13H22N2OS/c1-16-10-11(6-5-9-14)15-12-7-3-4-8-13(12)17-2/h3-4,7-8,11,15H,5-6,9-10,14H2,1-2H3. The number of para-hydroxylation sites is 1. The Morgan fingerprint density at radius 3 is 2.82 bits per heavy atom. The van der Waals surface area contributed by atoms with E-state index in [0.717, 1.165) is 19.4 Å². The van der Waals surface area contributed by atoms with E-state index < -0.39 is 0 Å². The average Bonchev–Trinajstić information content (AvgIpc) is 2.37. The molecule has 0 amide bonds. The van der Waals surface area contributed by atoms with Crippen LogP contribution in [-0.4, -0.2) is 32.6 Å². The van der Waals surface area contributed by atoms with Gasteiger partial charge in [-0.05, 0) is 37.8 Å². The van der Waals surface area contributed by atoms with Gasteiger partial charge >= 0.3 is 0 Å². The van der Waals surface area contributed by atoms with Gasteiger partial charge in [-0.1, -0.05) is 12.1 Å². The van der Waals surface area contributed by atoms with Gasteiger partial charge in [-0.3, -0.25) is 0 Å². The second kappa shape index (κ2) is 8.39. The van der Waals surface area contributed by atoms with Crippen LogP contribution in [0.3, 0.4) is 0 Å². The van der Waals surface area contributed by atoms with Gasteiger partial charge in [-0.25, -0.2) is 0 Å². The minimum absolute atomic E-state index is 0.330. The molecule has 1 aromatic rings. The predicted molar refractivity (Wildman–Crippen MR) is 75.8 cm³/mol. The molecule has 0 fully saturated rings. The van der Waals surface area contributed by atoms with Crippen LogP contribution < -0.4 is 11.1 Å². The molecule has 17 heavy (non-hydrogen) atoms. The third-order valence-corrected chi connectivity index (χ3v) is 3.39. The molecule has 0 radical (unpaired) electrons. The van der Waals surface area contributed by atoms with Crippen LogP contribution in [0.5, 0.6) is 0 Å². The van der Waals surface area contributed by atoms with Crippen molar-refractivity contribution in [2.75, 3.05) is 31.8 Å². The highest BCUT2D eigenvalue weighted by Gasteiger charge is 2.09. The summed E-state index contributed by atoms with van der Waals surface area (Å²) in [6, 6.07) is 8.67. The smallest absolute Gasteiger partial charge is 0.0664 e. The van der Waals surface area contributed by atoms with Gasteiger partial charge in [0.1, 0.15) is 0 Å². The number of methoxy groups -OCH3 is 1. The van der Waals surface area contributed by atoms with Gasteiger partial charge in [0, 0.05) is 23.7 Å². The largest absolute Gasteiger partial charge is 0.383 e. The number of thioether (sulfide) groups is 1. The lowest BCUT2D eigenvalue weighted by Crippen LogP contribution is -2.26. The molecule has 3 N–H and O–H groups in total. The summed E-state index contributed by atoms with van der Waals surface area (Å²) < 4.78 is 5.24. The zero-order chi connectivity index (χ0) is 12.5. The second-order valence-electron chi connectivity index (χ2n) is 3.93. The van der Waals surface area contributed by atoms with Crippen LogP contribution in [0.2, 0.25) is 0 Å². The summed E-state index contributed by atoms with van der Waals surface area (Å²) >= 11 is 1.75. The van der Waals surface area contributed by atoms with E-state index in [-0.39, 0.29) is 0 Å². The molecule has 0 spiro atoms. The molecule has 1 aromatic carbocycles. The SMILES string of the molecule is COCC(CCCN)Nc1ccccc1SC. The molecule has 0 aliphatic carbocycles. The van der Waals surface area contributed by atoms with Crippen LogP contribution in [0.15, 0.2) is 29.2 Å². The zero-order valence-corrected chi connectivity index (χ0v) is 11.4. The molecule has 0 bridgehead atoms. The number of nitrogens with one attached hydrogen (secondary N) is 1. The summed E-state index contributed by atoms with van der Waals surface area (Å²) in [6.07, 6.45) is 4.14. The Bertz CT molecular complexity index is 320. The van der Waals surface area contributed by atoms with Gasteiger partial charge in [-0.2, -0.15) is 0 Å². The van der Waals surface area contributed by atoms with Crippen molar-refractivity contribution in [2.24, 2.45) is 5.73 Å². The van der Waals surface area contributed by atoms with Crippen molar-refractivity contribution >= 4 is 17.4 Å². The Labute approximate surface area is 108 Å². The summed E-state index contributed by atoms with van der Waals surface area (Å²) in [5.74, 6) is 0. The lowest BCUT2D eigenvalue weighted by molar-refractivity contribution is 0.182. The molecule has 0 aromatic heterocycles. The van der Waals surface area contributed by atoms with Crippen molar-refractivity contribution in [3.63, 3.8) is 0 Å². The zero-order valence-electron chi connectivity index (χ0n) is 10.6. The molecule has 1 atom stereocenters. The molecule has 0 aliphatic heterocycles. The number of ether oxygens (including phenoxy) is 1. The van der Waals surface area contributed by atoms with E-state index in [1.165, 1.54) is 10.6 Å². The average molecular weight is 254 g/mol. The van der Waals surface area contributed by atoms with Crippen LogP contribution in [0, 0.1) is 0 Å². The third kappa shape index (κ3) is 4.98. The fourth-order valence-corrected chi connectivity index (χ4v) is 2.31. The number of anilines is 1. The first-order valence-electron chi connectivity index (χ1n) is 5.90. The highest BCUT2D eigenvalue weighted by atomic mass is 32.2. The van der Waals surface area contributed by atoms with Gasteiger partial charge in [0.25, 0.3) is 0 Å². The van der Waals surface area contributed by atoms with Crippen LogP contribution >= 0.6 is 11.8 Å². The second-order valence-corrected chi connectivity index (χ2v) is 4.78. The van der Waals surface area contributed by atoms with Crippen LogP contribution in [0.4, 0.5) is 5.69 Å². The molecule has 0 aliphatic rings. The van der Waals surface area contributed by atoms with Crippen LogP contribution in [-0.2, 0) is 4.74 Å². The topological polar surface area (TPSA) is 47.3 Å². The van der Waals surface area contributed by atoms with Crippen molar-refractivity contribution in [3.05, 3.63) is 24.3 Å². The lowest BCUT2D eigenvalue weighted by Gasteiger charge is -2.20. The Morgan fingerprint density at radius 1 is 1.41 bits per heavy atom. The van der Waals surface area contributed by atoms with Crippen molar-refractivity contribution in [2.45, 2.75) is 23.8 Å². The Morgan fingerprint density at radius 2 is 2.18 bits per heavy atom. The Balaban J connectivity index is 2.63. The molecular formula is C13H22N2OS. The summed E-state index contributed by atoms with van der Waals surface area (Å²) in [5, 5.41) is 3.53. The van der Waals surface area contributed by atoms with Gasteiger partial charge in [0.15, 0.2) is 0 Å². The first-order valence-corrected chi connectivity index (χ1v) is 7.12. The minimum Gasteiger partial charge on any atom is -0.383 e. The maximum absolute atomic E-state index is 5.55. The predicted octanol–water partition coefficient (Wildman–Crippen LogP) is 2.57. The summed E-state index contributed by atoms with van der Waals surface area (Å²) in [6.45, 7) is 1.44. The normalized spacial score (nSPS) is 12.4. The van der Waals surface area contributed by atoms with Crippen molar-refractivity contribution < 1.29 is 4.74 Å². The fourth-order valence-electron chi connectivity index (χ4n) is 1.75. The van der Waals surface area contributed by atoms with Crippen LogP contribution in [0.1, 0.15) is 12.8 Å². The van der Waals surface area contributed by atoms with E-state index in [0.29, 0.717) is 12.6 Å². The molecule has 1 unspecified atom stereocenters. The lowest BCUT2D eigenvalue weighted by atomic mass is 10.1. The molecule has 4 heteroatoms. The van der Waals surface area contributed by atoms with Gasteiger partial charge in [-0.15, -0.1) is 11.8 Å². The van der Waals surface area contributed by atoms with E-state index in [9.17, 15) is 0 Å². The first kappa shape index (κ1) is 14.4. The molecule has 0 heterocycles. The molecule has 1 rings (SSSR count). The van der Waals surface area contributed by atoms with E-state index in [1.54, 1.807) is 18.9 Å². The van der Waals surface area contributed by atoms with Crippen molar-refractivity contribution in [1.29, 1.82) is 0 Å². The third-order valence-electron chi connectivity index (χ3n) is 2.59. The maximum Gasteiger partial charge on any atom is 0.0664 e. The molecule has 0 saturated carbocycles. The van der Waals surface area contributed by atoms with Gasteiger partial charge < -0.3 is 15.8 Å². The molecular weight excluding hydrogens is 232 g/mol. The molecule has 96 valence electrons. The number of hydrogen-bond acceptors (Lipinski definition) is 4. The van der Waals surface area contributed by atoms with Gasteiger partial charge in [0.05, 0.1) is 6.61 Å². The highest BCUT2D eigenvalue weighted by Crippen LogP contribution is 2.25. The Kier molecular flexibility index (Phi) is 7.08. The summed E-state index contributed by atoms with van der Waals surface area (Å²) in [4.78, 5) is 1.27. The first-order chi connectivity index (χ1) is 8.31. The van der Waals surface area contributed by atoms with Crippen LogP contribution in [0.25, 0.3) is 0 Å². The summed E-state index contributed by atoms with van der Waals surface area (Å²) in [7, 11) is 1.73. The molecule has 0 saturated heterocycles. The van der Waals surface area contributed by atoms with Crippen molar-refractivity contribution in [1.82, 2.24) is 0 Å². The van der Waals surface area contributed by atoms with Crippen molar-refractivity contribution in [3.8, 4) is 0 Å². The van der Waals surface area contributed by atoms with Gasteiger partial charge in [0.2, 0.25) is 0 Å². The monoisotopic (exact) mass is 254 g/mol.